The third-order valence-electron chi connectivity index (χ3n) is 14.6. The van der Waals surface area contributed by atoms with Crippen molar-refractivity contribution in [2.45, 2.75) is 113 Å². The summed E-state index contributed by atoms with van der Waals surface area (Å²) in [5.74, 6) is -2.34. The maximum atomic E-state index is 14.8. The summed E-state index contributed by atoms with van der Waals surface area (Å²) >= 11 is 0. The fraction of sp³-hybridized carbons (Fsp3) is 0.811. The molecular formula is C37H53NO8. The molecule has 2 heterocycles. The largest absolute Gasteiger partial charge is 0.481 e. The van der Waals surface area contributed by atoms with Crippen molar-refractivity contribution in [1.29, 1.82) is 0 Å². The Morgan fingerprint density at radius 3 is 2.37 bits per heavy atom. The van der Waals surface area contributed by atoms with E-state index in [1.54, 1.807) is 6.08 Å². The van der Waals surface area contributed by atoms with Crippen LogP contribution in [-0.2, 0) is 33.4 Å². The smallest absolute Gasteiger partial charge is 0.352 e. The zero-order valence-electron chi connectivity index (χ0n) is 28.9. The molecule has 4 aliphatic carbocycles. The molecule has 0 aromatic heterocycles. The zero-order chi connectivity index (χ0) is 33.6. The van der Waals surface area contributed by atoms with Gasteiger partial charge in [0.15, 0.2) is 5.78 Å². The predicted molar refractivity (Wildman–Crippen MR) is 171 cm³/mol. The van der Waals surface area contributed by atoms with Gasteiger partial charge in [-0.05, 0) is 85.5 Å². The molecule has 0 amide bonds. The number of ether oxygens (including phenoxy) is 3. The quantitative estimate of drug-likeness (QED) is 0.360. The second-order valence-corrected chi connectivity index (χ2v) is 16.8. The molecule has 0 aromatic carbocycles. The average molecular weight is 640 g/mol. The second-order valence-electron chi connectivity index (χ2n) is 16.8. The first-order valence-electron chi connectivity index (χ1n) is 17.5. The molecule has 11 atom stereocenters. The Morgan fingerprint density at radius 2 is 1.76 bits per heavy atom. The molecule has 3 saturated carbocycles. The summed E-state index contributed by atoms with van der Waals surface area (Å²) in [6, 6.07) is 0. The van der Waals surface area contributed by atoms with E-state index in [1.165, 1.54) is 6.92 Å². The lowest BCUT2D eigenvalue weighted by molar-refractivity contribution is -0.260. The van der Waals surface area contributed by atoms with Gasteiger partial charge in [-0.3, -0.25) is 19.4 Å². The molecule has 2 aliphatic heterocycles. The molecule has 6 aliphatic rings. The van der Waals surface area contributed by atoms with E-state index < -0.39 is 63.1 Å². The molecule has 6 rings (SSSR count). The number of aliphatic imine (C=N–C) groups is 1. The Morgan fingerprint density at radius 1 is 1.04 bits per heavy atom. The highest BCUT2D eigenvalue weighted by Gasteiger charge is 2.74. The van der Waals surface area contributed by atoms with Crippen LogP contribution < -0.4 is 0 Å². The van der Waals surface area contributed by atoms with Crippen LogP contribution in [0.4, 0.5) is 0 Å². The van der Waals surface area contributed by atoms with Crippen molar-refractivity contribution in [1.82, 2.24) is 0 Å². The summed E-state index contributed by atoms with van der Waals surface area (Å²) in [5.41, 5.74) is -2.02. The minimum atomic E-state index is -1.09. The van der Waals surface area contributed by atoms with E-state index in [9.17, 15) is 24.3 Å². The number of nitrogens with zero attached hydrogens (tertiary/aromatic N) is 1. The molecule has 9 nitrogen and oxygen atoms in total. The Bertz CT molecular complexity index is 1400. The van der Waals surface area contributed by atoms with E-state index in [1.807, 2.05) is 6.92 Å². The molecule has 4 fully saturated rings. The SMILES string of the molecule is CC(=O)O[C@@H]1C[C@@]23COC[C@](C)([C@@H]2CC[C@H]2C3=CC(=O)[C@@]3(C)[C@H](C(=O)O)[C@@](C)([C@H](C)C(C)C)CC[C@]23C)[C@H]1OC(=O)C1=NCCC1. The van der Waals surface area contributed by atoms with Crippen molar-refractivity contribution in [2.75, 3.05) is 19.8 Å². The van der Waals surface area contributed by atoms with Gasteiger partial charge < -0.3 is 19.3 Å². The molecular weight excluding hydrogens is 586 g/mol. The van der Waals surface area contributed by atoms with Crippen LogP contribution in [0.5, 0.6) is 0 Å². The Kier molecular flexibility index (Phi) is 7.97. The number of carbonyl (C=O) groups excluding carboxylic acids is 3. The van der Waals surface area contributed by atoms with E-state index in [2.05, 4.69) is 46.5 Å². The summed E-state index contributed by atoms with van der Waals surface area (Å²) in [4.78, 5) is 58.3. The maximum absolute atomic E-state index is 14.8. The third-order valence-corrected chi connectivity index (χ3v) is 14.6. The molecule has 1 saturated heterocycles. The molecule has 46 heavy (non-hydrogen) atoms. The molecule has 1 N–H and O–H groups in total. The predicted octanol–water partition coefficient (Wildman–Crippen LogP) is 5.83. The van der Waals surface area contributed by atoms with Crippen LogP contribution in [0.1, 0.15) is 100 Å². The van der Waals surface area contributed by atoms with Gasteiger partial charge in [-0.15, -0.1) is 0 Å². The minimum absolute atomic E-state index is 0.0249. The topological polar surface area (TPSA) is 129 Å². The molecule has 0 spiro atoms. The van der Waals surface area contributed by atoms with Crippen LogP contribution in [0, 0.1) is 56.7 Å². The number of ketones is 1. The molecule has 2 bridgehead atoms. The minimum Gasteiger partial charge on any atom is -0.481 e. The lowest BCUT2D eigenvalue weighted by atomic mass is 9.34. The van der Waals surface area contributed by atoms with Crippen molar-refractivity contribution < 1.29 is 38.5 Å². The van der Waals surface area contributed by atoms with Gasteiger partial charge in [-0.2, -0.15) is 0 Å². The van der Waals surface area contributed by atoms with Gasteiger partial charge in [0.25, 0.3) is 0 Å². The number of aliphatic carboxylic acids is 1. The molecule has 9 heteroatoms. The van der Waals surface area contributed by atoms with E-state index in [0.29, 0.717) is 38.3 Å². The summed E-state index contributed by atoms with van der Waals surface area (Å²) in [5, 5.41) is 10.9. The van der Waals surface area contributed by atoms with Crippen LogP contribution in [0.2, 0.25) is 0 Å². The van der Waals surface area contributed by atoms with Gasteiger partial charge in [0, 0.05) is 29.7 Å². The maximum Gasteiger partial charge on any atom is 0.352 e. The number of hydrogen-bond donors (Lipinski definition) is 1. The fourth-order valence-corrected chi connectivity index (χ4v) is 11.8. The van der Waals surface area contributed by atoms with Gasteiger partial charge >= 0.3 is 17.9 Å². The summed E-state index contributed by atoms with van der Waals surface area (Å²) in [6.07, 6.45) is 5.24. The van der Waals surface area contributed by atoms with Crippen molar-refractivity contribution in [3.05, 3.63) is 11.6 Å². The average Bonchev–Trinajstić information content (AvgIpc) is 3.51. The Hall–Kier alpha value is -2.55. The monoisotopic (exact) mass is 639 g/mol. The number of fused-ring (bicyclic) bond motifs is 3. The number of carboxylic acid groups (broad SMARTS) is 1. The van der Waals surface area contributed by atoms with E-state index in [0.717, 1.165) is 37.7 Å². The van der Waals surface area contributed by atoms with Crippen LogP contribution in [0.3, 0.4) is 0 Å². The van der Waals surface area contributed by atoms with Crippen LogP contribution in [-0.4, -0.2) is 66.5 Å². The number of allylic oxidation sites excluding steroid dienone is 1. The lowest BCUT2D eigenvalue weighted by Crippen LogP contribution is -2.71. The van der Waals surface area contributed by atoms with Crippen molar-refractivity contribution >= 4 is 29.4 Å². The molecule has 0 unspecified atom stereocenters. The van der Waals surface area contributed by atoms with Gasteiger partial charge in [-0.25, -0.2) is 4.79 Å². The molecule has 0 aromatic rings. The summed E-state index contributed by atoms with van der Waals surface area (Å²) in [7, 11) is 0. The number of esters is 2. The van der Waals surface area contributed by atoms with Gasteiger partial charge in [0.2, 0.25) is 0 Å². The third kappa shape index (κ3) is 4.38. The first kappa shape index (κ1) is 33.4. The fourth-order valence-electron chi connectivity index (χ4n) is 11.8. The van der Waals surface area contributed by atoms with Gasteiger partial charge in [0.1, 0.15) is 17.9 Å². The number of hydrogen-bond acceptors (Lipinski definition) is 8. The number of carboxylic acids is 1. The van der Waals surface area contributed by atoms with E-state index in [4.69, 9.17) is 14.2 Å². The lowest BCUT2D eigenvalue weighted by Gasteiger charge is -2.70. The van der Waals surface area contributed by atoms with Crippen molar-refractivity contribution in [3.63, 3.8) is 0 Å². The number of carbonyl (C=O) groups is 4. The van der Waals surface area contributed by atoms with Gasteiger partial charge in [0.05, 0.1) is 19.1 Å². The Labute approximate surface area is 273 Å². The van der Waals surface area contributed by atoms with Crippen molar-refractivity contribution in [3.8, 4) is 0 Å². The standard InChI is InChI=1S/C37H53NO8/c1-20(2)21(3)33(5)13-14-35(7)23-11-12-27-34(6)18-44-19-37(27,24(23)16-28(40)36(35,8)29(33)31(41)42)17-26(45-22(4)39)30(34)46-32(43)25-10-9-15-38-25/h16,20-21,23,26-27,29-30H,9-15,17-19H2,1-8H3,(H,41,42)/t21-,23+,26-,27+,29-,30+,33-,34-,35-,36+,37+/m1/s1. The van der Waals surface area contributed by atoms with Crippen LogP contribution >= 0.6 is 0 Å². The highest BCUT2D eigenvalue weighted by atomic mass is 16.6. The van der Waals surface area contributed by atoms with Crippen LogP contribution in [0.25, 0.3) is 0 Å². The first-order chi connectivity index (χ1) is 21.5. The summed E-state index contributed by atoms with van der Waals surface area (Å²) < 4.78 is 18.6. The molecule has 0 radical (unpaired) electrons. The van der Waals surface area contributed by atoms with Crippen molar-refractivity contribution in [2.24, 2.45) is 61.7 Å². The summed E-state index contributed by atoms with van der Waals surface area (Å²) in [6.45, 7) is 17.4. The van der Waals surface area contributed by atoms with Crippen LogP contribution in [0.15, 0.2) is 16.6 Å². The first-order valence-corrected chi connectivity index (χ1v) is 17.5. The highest BCUT2D eigenvalue weighted by Crippen LogP contribution is 2.74. The highest BCUT2D eigenvalue weighted by molar-refractivity contribution is 6.36. The Balaban J connectivity index is 1.45. The normalized spacial score (nSPS) is 45.4. The number of rotatable bonds is 6. The molecule has 254 valence electrons. The van der Waals surface area contributed by atoms with Gasteiger partial charge in [-0.1, -0.05) is 54.0 Å². The van der Waals surface area contributed by atoms with E-state index in [-0.39, 0.29) is 29.5 Å². The van der Waals surface area contributed by atoms with E-state index >= 15 is 0 Å². The zero-order valence-corrected chi connectivity index (χ0v) is 28.9. The second kappa shape index (κ2) is 11.0.